The molecule has 0 radical (unpaired) electrons. The van der Waals surface area contributed by atoms with Crippen molar-refractivity contribution in [3.63, 3.8) is 0 Å². The molecular weight excluding hydrogens is 496 g/mol. The molecule has 1 N–H and O–H groups in total. The second-order valence-electron chi connectivity index (χ2n) is 10.0. The first-order chi connectivity index (χ1) is 18.7. The topological polar surface area (TPSA) is 88.5 Å². The van der Waals surface area contributed by atoms with Crippen LogP contribution in [0.2, 0.25) is 0 Å². The van der Waals surface area contributed by atoms with Crippen molar-refractivity contribution < 1.29 is 28.9 Å². The van der Waals surface area contributed by atoms with Gasteiger partial charge in [-0.3, -0.25) is 9.59 Å². The number of hydrogen-bond acceptors (Lipinski definition) is 7. The van der Waals surface area contributed by atoms with Crippen molar-refractivity contribution in [1.82, 2.24) is 9.80 Å². The number of aliphatic hydroxyl groups is 1. The van der Waals surface area contributed by atoms with E-state index in [9.17, 15) is 14.7 Å². The van der Waals surface area contributed by atoms with Crippen molar-refractivity contribution in [1.29, 1.82) is 0 Å². The Bertz CT molecular complexity index is 1200. The SMILES string of the molecule is CCOc1ccc([C@@H]2/C(=C(\O)c3ccc(OCC(C)C)c(C)c3)C(=O)C(=O)N2CCN(CC)CC)cc1OC. The summed E-state index contributed by atoms with van der Waals surface area (Å²) in [6.45, 7) is 15.7. The smallest absolute Gasteiger partial charge is 0.295 e. The van der Waals surface area contributed by atoms with Crippen LogP contribution >= 0.6 is 0 Å². The van der Waals surface area contributed by atoms with E-state index in [-0.39, 0.29) is 11.3 Å². The zero-order valence-corrected chi connectivity index (χ0v) is 24.2. The number of rotatable bonds is 13. The first-order valence-corrected chi connectivity index (χ1v) is 13.7. The Kier molecular flexibility index (Phi) is 10.4. The number of benzene rings is 2. The van der Waals surface area contributed by atoms with Crippen molar-refractivity contribution in [2.75, 3.05) is 46.5 Å². The number of likely N-dealkylation sites (N-methyl/N-ethyl adjacent to an activating group) is 1. The third-order valence-corrected chi connectivity index (χ3v) is 6.92. The van der Waals surface area contributed by atoms with Gasteiger partial charge in [-0.15, -0.1) is 0 Å². The fourth-order valence-electron chi connectivity index (χ4n) is 4.75. The van der Waals surface area contributed by atoms with Gasteiger partial charge in [0.05, 0.1) is 31.9 Å². The Morgan fingerprint density at radius 2 is 1.69 bits per heavy atom. The van der Waals surface area contributed by atoms with Crippen LogP contribution in [-0.2, 0) is 9.59 Å². The minimum absolute atomic E-state index is 0.0565. The van der Waals surface area contributed by atoms with Crippen LogP contribution in [0.5, 0.6) is 17.2 Å². The van der Waals surface area contributed by atoms with Gasteiger partial charge in [0.25, 0.3) is 11.7 Å². The van der Waals surface area contributed by atoms with Crippen molar-refractivity contribution in [3.05, 3.63) is 58.7 Å². The minimum atomic E-state index is -0.776. The number of carbonyl (C=O) groups excluding carboxylic acids is 2. The normalized spacial score (nSPS) is 16.8. The van der Waals surface area contributed by atoms with Crippen LogP contribution in [0.25, 0.3) is 5.76 Å². The van der Waals surface area contributed by atoms with E-state index in [1.807, 2.05) is 19.9 Å². The van der Waals surface area contributed by atoms with E-state index < -0.39 is 17.7 Å². The highest BCUT2D eigenvalue weighted by Crippen LogP contribution is 2.42. The summed E-state index contributed by atoms with van der Waals surface area (Å²) in [6, 6.07) is 9.87. The van der Waals surface area contributed by atoms with Crippen LogP contribution in [0.4, 0.5) is 0 Å². The van der Waals surface area contributed by atoms with Gasteiger partial charge in [-0.1, -0.05) is 33.8 Å². The zero-order valence-electron chi connectivity index (χ0n) is 24.2. The van der Waals surface area contributed by atoms with Crippen LogP contribution in [0.3, 0.4) is 0 Å². The molecule has 1 atom stereocenters. The predicted octanol–water partition coefficient (Wildman–Crippen LogP) is 5.20. The highest BCUT2D eigenvalue weighted by molar-refractivity contribution is 6.46. The number of amides is 1. The maximum absolute atomic E-state index is 13.4. The predicted molar refractivity (Wildman–Crippen MR) is 152 cm³/mol. The number of carbonyl (C=O) groups is 2. The second kappa shape index (κ2) is 13.5. The van der Waals surface area contributed by atoms with Gasteiger partial charge in [0.15, 0.2) is 11.5 Å². The molecule has 2 aromatic rings. The second-order valence-corrected chi connectivity index (χ2v) is 10.0. The summed E-state index contributed by atoms with van der Waals surface area (Å²) in [7, 11) is 1.55. The number of likely N-dealkylation sites (tertiary alicyclic amines) is 1. The molecule has 1 fully saturated rings. The van der Waals surface area contributed by atoms with Crippen molar-refractivity contribution in [2.45, 2.75) is 47.6 Å². The number of aliphatic hydroxyl groups excluding tert-OH is 1. The van der Waals surface area contributed by atoms with Crippen LogP contribution in [0.15, 0.2) is 42.0 Å². The lowest BCUT2D eigenvalue weighted by molar-refractivity contribution is -0.140. The molecule has 0 spiro atoms. The standard InChI is InChI=1S/C31H42N2O6/c1-8-32(9-2)15-16-33-28(22-11-14-25(38-10-3)26(18-22)37-7)27(30(35)31(33)36)29(34)23-12-13-24(21(6)17-23)39-19-20(4)5/h11-14,17-18,20,28,34H,8-10,15-16,19H2,1-7H3/b29-27+/t28-/m1/s1. The number of nitrogens with zero attached hydrogens (tertiary/aromatic N) is 2. The van der Waals surface area contributed by atoms with E-state index in [4.69, 9.17) is 14.2 Å². The fraction of sp³-hybridized carbons (Fsp3) is 0.484. The molecule has 3 rings (SSSR count). The van der Waals surface area contributed by atoms with E-state index in [0.717, 1.165) is 18.7 Å². The fourth-order valence-corrected chi connectivity index (χ4v) is 4.75. The van der Waals surface area contributed by atoms with Crippen LogP contribution in [0.1, 0.15) is 57.4 Å². The summed E-state index contributed by atoms with van der Waals surface area (Å²) in [6.07, 6.45) is 0. The van der Waals surface area contributed by atoms with Crippen molar-refractivity contribution in [2.24, 2.45) is 5.92 Å². The van der Waals surface area contributed by atoms with Crippen molar-refractivity contribution in [3.8, 4) is 17.2 Å². The quantitative estimate of drug-likeness (QED) is 0.213. The first kappa shape index (κ1) is 30.0. The van der Waals surface area contributed by atoms with E-state index >= 15 is 0 Å². The third kappa shape index (κ3) is 6.74. The van der Waals surface area contributed by atoms with Gasteiger partial charge >= 0.3 is 0 Å². The van der Waals surface area contributed by atoms with Crippen LogP contribution in [-0.4, -0.2) is 73.1 Å². The van der Waals surface area contributed by atoms with Gasteiger partial charge in [0.1, 0.15) is 11.5 Å². The van der Waals surface area contributed by atoms with Gasteiger partial charge in [-0.2, -0.15) is 0 Å². The molecule has 0 aromatic heterocycles. The van der Waals surface area contributed by atoms with E-state index in [0.29, 0.717) is 60.6 Å². The lowest BCUT2D eigenvalue weighted by Gasteiger charge is -2.28. The highest BCUT2D eigenvalue weighted by Gasteiger charge is 2.46. The number of Topliss-reactive ketones (excluding diaryl/α,β-unsaturated/α-hetero) is 1. The molecule has 8 heteroatoms. The molecule has 0 aliphatic carbocycles. The van der Waals surface area contributed by atoms with Crippen molar-refractivity contribution >= 4 is 17.4 Å². The molecule has 212 valence electrons. The molecule has 1 aliphatic rings. The highest BCUT2D eigenvalue weighted by atomic mass is 16.5. The van der Waals surface area contributed by atoms with Gasteiger partial charge in [-0.25, -0.2) is 0 Å². The molecule has 39 heavy (non-hydrogen) atoms. The maximum atomic E-state index is 13.4. The Labute approximate surface area is 232 Å². The molecule has 0 saturated carbocycles. The van der Waals surface area contributed by atoms with Crippen LogP contribution < -0.4 is 14.2 Å². The monoisotopic (exact) mass is 538 g/mol. The Balaban J connectivity index is 2.12. The number of aryl methyl sites for hydroxylation is 1. The number of methoxy groups -OCH3 is 1. The van der Waals surface area contributed by atoms with Gasteiger partial charge in [-0.05, 0) is 74.3 Å². The van der Waals surface area contributed by atoms with E-state index in [1.54, 1.807) is 42.3 Å². The van der Waals surface area contributed by atoms with Gasteiger partial charge in [0, 0.05) is 18.7 Å². The van der Waals surface area contributed by atoms with E-state index in [2.05, 4.69) is 32.6 Å². The largest absolute Gasteiger partial charge is 0.507 e. The van der Waals surface area contributed by atoms with E-state index in [1.165, 1.54) is 0 Å². The molecule has 0 bridgehead atoms. The Morgan fingerprint density at radius 3 is 2.28 bits per heavy atom. The maximum Gasteiger partial charge on any atom is 0.295 e. The Hall–Kier alpha value is -3.52. The summed E-state index contributed by atoms with van der Waals surface area (Å²) in [5.41, 5.74) is 1.99. The first-order valence-electron chi connectivity index (χ1n) is 13.7. The van der Waals surface area contributed by atoms with Crippen LogP contribution in [0, 0.1) is 12.8 Å². The number of ketones is 1. The molecule has 2 aromatic carbocycles. The van der Waals surface area contributed by atoms with Gasteiger partial charge < -0.3 is 29.1 Å². The lowest BCUT2D eigenvalue weighted by atomic mass is 9.94. The molecule has 1 heterocycles. The molecular formula is C31H42N2O6. The summed E-state index contributed by atoms with van der Waals surface area (Å²) in [5.74, 6) is 0.596. The average molecular weight is 539 g/mol. The number of hydrogen-bond donors (Lipinski definition) is 1. The molecule has 1 amide bonds. The van der Waals surface area contributed by atoms with Gasteiger partial charge in [0.2, 0.25) is 0 Å². The lowest BCUT2D eigenvalue weighted by Crippen LogP contribution is -2.38. The minimum Gasteiger partial charge on any atom is -0.507 e. The molecule has 1 saturated heterocycles. The summed E-state index contributed by atoms with van der Waals surface area (Å²) >= 11 is 0. The number of ether oxygens (including phenoxy) is 3. The summed E-state index contributed by atoms with van der Waals surface area (Å²) in [4.78, 5) is 30.5. The average Bonchev–Trinajstić information content (AvgIpc) is 3.17. The summed E-state index contributed by atoms with van der Waals surface area (Å²) in [5, 5.41) is 11.5. The zero-order chi connectivity index (χ0) is 28.7. The molecule has 8 nitrogen and oxygen atoms in total. The molecule has 0 unspecified atom stereocenters. The third-order valence-electron chi connectivity index (χ3n) is 6.92. The Morgan fingerprint density at radius 1 is 1.00 bits per heavy atom. The summed E-state index contributed by atoms with van der Waals surface area (Å²) < 4.78 is 17.1. The molecule has 1 aliphatic heterocycles.